The highest BCUT2D eigenvalue weighted by Crippen LogP contribution is 2.13. The summed E-state index contributed by atoms with van der Waals surface area (Å²) in [6.07, 6.45) is 0.544. The van der Waals surface area contributed by atoms with Crippen LogP contribution < -0.4 is 5.32 Å². The molecule has 2 saturated heterocycles. The molecular weight excluding hydrogens is 352 g/mol. The molecule has 27 heavy (non-hydrogen) atoms. The third-order valence-electron chi connectivity index (χ3n) is 4.92. The number of rotatable bonds is 2. The largest absolute Gasteiger partial charge is 0.449 e. The second-order valence-corrected chi connectivity index (χ2v) is 6.96. The van der Waals surface area contributed by atoms with Gasteiger partial charge in [0.15, 0.2) is 0 Å². The third-order valence-corrected chi connectivity index (χ3v) is 4.92. The van der Waals surface area contributed by atoms with Crippen LogP contribution in [-0.2, 0) is 9.53 Å². The van der Waals surface area contributed by atoms with E-state index < -0.39 is 18.2 Å². The summed E-state index contributed by atoms with van der Waals surface area (Å²) in [4.78, 5) is 43.9. The van der Waals surface area contributed by atoms with Crippen LogP contribution in [0.5, 0.6) is 0 Å². The van der Waals surface area contributed by atoms with Gasteiger partial charge >= 0.3 is 6.09 Å². The molecule has 146 valence electrons. The van der Waals surface area contributed by atoms with Crippen LogP contribution in [0.25, 0.3) is 0 Å². The summed E-state index contributed by atoms with van der Waals surface area (Å²) in [6.45, 7) is 4.81. The van der Waals surface area contributed by atoms with Gasteiger partial charge in [-0.3, -0.25) is 14.6 Å². The Morgan fingerprint density at radius 1 is 1.22 bits per heavy atom. The minimum atomic E-state index is -0.873. The van der Waals surface area contributed by atoms with Crippen LogP contribution in [0.4, 0.5) is 4.79 Å². The fourth-order valence-electron chi connectivity index (χ4n) is 3.21. The number of nitrogens with one attached hydrogen (secondary N) is 1. The predicted octanol–water partition coefficient (Wildman–Crippen LogP) is -0.158. The summed E-state index contributed by atoms with van der Waals surface area (Å²) >= 11 is 0. The van der Waals surface area contributed by atoms with Crippen molar-refractivity contribution in [1.29, 1.82) is 0 Å². The molecule has 2 N–H and O–H groups in total. The highest BCUT2D eigenvalue weighted by molar-refractivity contribution is 5.92. The Morgan fingerprint density at radius 2 is 1.93 bits per heavy atom. The van der Waals surface area contributed by atoms with E-state index >= 15 is 0 Å². The van der Waals surface area contributed by atoms with Crippen LogP contribution in [0.3, 0.4) is 0 Å². The van der Waals surface area contributed by atoms with E-state index in [0.717, 1.165) is 11.1 Å². The van der Waals surface area contributed by atoms with Crippen LogP contribution in [0, 0.1) is 13.8 Å². The average Bonchev–Trinajstić information content (AvgIpc) is 2.84. The van der Waals surface area contributed by atoms with Crippen molar-refractivity contribution >= 4 is 17.9 Å². The Morgan fingerprint density at radius 3 is 2.63 bits per heavy atom. The predicted molar refractivity (Wildman–Crippen MR) is 95.1 cm³/mol. The smallest absolute Gasteiger partial charge is 0.407 e. The van der Waals surface area contributed by atoms with Gasteiger partial charge in [-0.25, -0.2) is 4.79 Å². The normalized spacial score (nSPS) is 23.3. The number of cyclic esters (lactones) is 1. The monoisotopic (exact) mass is 376 g/mol. The quantitative estimate of drug-likeness (QED) is 0.742. The van der Waals surface area contributed by atoms with Crippen molar-refractivity contribution in [2.24, 2.45) is 0 Å². The molecule has 2 fully saturated rings. The molecule has 0 radical (unpaired) electrons. The number of β-amino-alcohol motifs (C(OH)–C–C–N with tert-alkyl or cyclic N) is 1. The molecule has 2 atom stereocenters. The van der Waals surface area contributed by atoms with Crippen molar-refractivity contribution in [3.63, 3.8) is 0 Å². The number of hydrogen-bond acceptors (Lipinski definition) is 6. The lowest BCUT2D eigenvalue weighted by Crippen LogP contribution is -2.53. The molecule has 9 heteroatoms. The second kappa shape index (κ2) is 7.91. The lowest BCUT2D eigenvalue weighted by atomic mass is 10.1. The zero-order valence-corrected chi connectivity index (χ0v) is 15.5. The van der Waals surface area contributed by atoms with Gasteiger partial charge in [0.1, 0.15) is 11.7 Å². The molecule has 0 spiro atoms. The van der Waals surface area contributed by atoms with Gasteiger partial charge in [-0.1, -0.05) is 0 Å². The Balaban J connectivity index is 1.68. The third kappa shape index (κ3) is 4.36. The maximum Gasteiger partial charge on any atom is 0.407 e. The number of carbonyl (C=O) groups is 3. The fourth-order valence-corrected chi connectivity index (χ4v) is 3.21. The summed E-state index contributed by atoms with van der Waals surface area (Å²) in [6, 6.07) is 1.07. The molecule has 3 amide bonds. The number of amides is 3. The molecule has 2 aliphatic heterocycles. The SMILES string of the molecule is Cc1cnc(C(=O)N2CCN(C(=O)[C@@H]3CCOC(=O)N3)CC(O)C2)cc1C. The number of aryl methyl sites for hydroxylation is 2. The molecule has 1 unspecified atom stereocenters. The van der Waals surface area contributed by atoms with Crippen molar-refractivity contribution < 1.29 is 24.2 Å². The summed E-state index contributed by atoms with van der Waals surface area (Å²) in [5.74, 6) is -0.546. The molecular formula is C18H24N4O5. The van der Waals surface area contributed by atoms with Gasteiger partial charge in [0.2, 0.25) is 5.91 Å². The lowest BCUT2D eigenvalue weighted by molar-refractivity contribution is -0.135. The van der Waals surface area contributed by atoms with Crippen molar-refractivity contribution in [2.45, 2.75) is 32.4 Å². The summed E-state index contributed by atoms with van der Waals surface area (Å²) in [5.41, 5.74) is 2.29. The zero-order chi connectivity index (χ0) is 19.6. The number of alkyl carbamates (subject to hydrolysis) is 1. The van der Waals surface area contributed by atoms with Gasteiger partial charge in [0.05, 0.1) is 12.7 Å². The van der Waals surface area contributed by atoms with Crippen LogP contribution in [0.1, 0.15) is 28.0 Å². The average molecular weight is 376 g/mol. The molecule has 1 aromatic heterocycles. The molecule has 0 saturated carbocycles. The first kappa shape index (κ1) is 19.1. The van der Waals surface area contributed by atoms with Gasteiger partial charge in [0.25, 0.3) is 5.91 Å². The topological polar surface area (TPSA) is 112 Å². The van der Waals surface area contributed by atoms with Crippen molar-refractivity contribution in [3.05, 3.63) is 29.1 Å². The number of pyridine rings is 1. The number of aliphatic hydroxyl groups is 1. The van der Waals surface area contributed by atoms with Crippen LogP contribution >= 0.6 is 0 Å². The van der Waals surface area contributed by atoms with E-state index in [-0.39, 0.29) is 44.6 Å². The zero-order valence-electron chi connectivity index (χ0n) is 15.5. The first-order chi connectivity index (χ1) is 12.8. The molecule has 1 aromatic rings. The van der Waals surface area contributed by atoms with Crippen LogP contribution in [0.2, 0.25) is 0 Å². The molecule has 0 aliphatic carbocycles. The Kier molecular flexibility index (Phi) is 5.59. The molecule has 0 aromatic carbocycles. The van der Waals surface area contributed by atoms with E-state index in [9.17, 15) is 19.5 Å². The highest BCUT2D eigenvalue weighted by atomic mass is 16.6. The number of hydrogen-bond donors (Lipinski definition) is 2. The standard InChI is InChI=1S/C18H24N4O5/c1-11-7-15(19-8-12(11)2)17(25)22-5-4-21(9-13(23)10-22)16(24)14-3-6-27-18(26)20-14/h7-8,13-14,23H,3-6,9-10H2,1-2H3,(H,20,26)/t13?,14-/m0/s1. The van der Waals surface area contributed by atoms with Gasteiger partial charge in [-0.05, 0) is 31.0 Å². The number of nitrogens with zero attached hydrogens (tertiary/aromatic N) is 3. The number of aliphatic hydroxyl groups excluding tert-OH is 1. The van der Waals surface area contributed by atoms with E-state index in [2.05, 4.69) is 10.3 Å². The molecule has 3 rings (SSSR count). The van der Waals surface area contributed by atoms with Crippen molar-refractivity contribution in [3.8, 4) is 0 Å². The molecule has 0 bridgehead atoms. The first-order valence-corrected chi connectivity index (χ1v) is 8.98. The Hall–Kier alpha value is -2.68. The van der Waals surface area contributed by atoms with E-state index in [1.807, 2.05) is 13.8 Å². The lowest BCUT2D eigenvalue weighted by Gasteiger charge is -2.29. The van der Waals surface area contributed by atoms with Crippen molar-refractivity contribution in [1.82, 2.24) is 20.1 Å². The van der Waals surface area contributed by atoms with Crippen molar-refractivity contribution in [2.75, 3.05) is 32.8 Å². The van der Waals surface area contributed by atoms with Gasteiger partial charge in [-0.15, -0.1) is 0 Å². The van der Waals surface area contributed by atoms with Gasteiger partial charge < -0.3 is 25.0 Å². The Labute approximate surface area is 157 Å². The maximum atomic E-state index is 12.8. The fraction of sp³-hybridized carbons (Fsp3) is 0.556. The maximum absolute atomic E-state index is 12.8. The number of ether oxygens (including phenoxy) is 1. The van der Waals surface area contributed by atoms with Crippen LogP contribution in [0.15, 0.2) is 12.3 Å². The molecule has 3 heterocycles. The van der Waals surface area contributed by atoms with E-state index in [1.165, 1.54) is 9.80 Å². The first-order valence-electron chi connectivity index (χ1n) is 8.98. The highest BCUT2D eigenvalue weighted by Gasteiger charge is 2.33. The van der Waals surface area contributed by atoms with E-state index in [4.69, 9.17) is 4.74 Å². The minimum absolute atomic E-state index is 0.107. The minimum Gasteiger partial charge on any atom is -0.449 e. The molecule has 2 aliphatic rings. The van der Waals surface area contributed by atoms with Gasteiger partial charge in [-0.2, -0.15) is 0 Å². The summed E-state index contributed by atoms with van der Waals surface area (Å²) in [5, 5.41) is 12.8. The number of aromatic nitrogens is 1. The van der Waals surface area contributed by atoms with E-state index in [1.54, 1.807) is 12.3 Å². The van der Waals surface area contributed by atoms with Gasteiger partial charge in [0, 0.05) is 38.8 Å². The molecule has 9 nitrogen and oxygen atoms in total. The Bertz CT molecular complexity index is 753. The summed E-state index contributed by atoms with van der Waals surface area (Å²) in [7, 11) is 0. The second-order valence-electron chi connectivity index (χ2n) is 6.96. The summed E-state index contributed by atoms with van der Waals surface area (Å²) < 4.78 is 4.78. The number of carbonyl (C=O) groups excluding carboxylic acids is 3. The van der Waals surface area contributed by atoms with E-state index in [0.29, 0.717) is 12.1 Å². The van der Waals surface area contributed by atoms with Crippen LogP contribution in [-0.4, -0.2) is 82.7 Å².